The predicted molar refractivity (Wildman–Crippen MR) is 60.9 cm³/mol. The molecule has 0 saturated carbocycles. The molecule has 0 aliphatic rings. The minimum Gasteiger partial charge on any atom is -0.206 e. The minimum atomic E-state index is -0.395. The Balaban J connectivity index is 2.99. The van der Waals surface area contributed by atoms with Crippen molar-refractivity contribution in [2.75, 3.05) is 0 Å². The molecule has 0 N–H and O–H groups in total. The first kappa shape index (κ1) is 10.6. The zero-order valence-electron chi connectivity index (χ0n) is 8.15. The van der Waals surface area contributed by atoms with Gasteiger partial charge in [-0.25, -0.2) is 8.78 Å². The Labute approximate surface area is 95.0 Å². The summed E-state index contributed by atoms with van der Waals surface area (Å²) in [6, 6.07) is 5.89. The van der Waals surface area contributed by atoms with E-state index in [-0.39, 0.29) is 5.82 Å². The monoisotopic (exact) mass is 270 g/mol. The standard InChI is InChI=1S/C12H9BrF2/c1-2-7-3-5-10(15)12-8(13)4-6-9(14)11(7)12/h3-6H,2H2,1H3. The van der Waals surface area contributed by atoms with E-state index in [1.807, 2.05) is 6.92 Å². The van der Waals surface area contributed by atoms with Gasteiger partial charge in [0.05, 0.1) is 0 Å². The number of rotatable bonds is 1. The second kappa shape index (κ2) is 3.89. The van der Waals surface area contributed by atoms with Crippen LogP contribution in [0.3, 0.4) is 0 Å². The third-order valence-electron chi connectivity index (χ3n) is 2.48. The molecule has 0 radical (unpaired) electrons. The molecular formula is C12H9BrF2. The average molecular weight is 271 g/mol. The molecular weight excluding hydrogens is 262 g/mol. The van der Waals surface area contributed by atoms with Crippen LogP contribution in [0.25, 0.3) is 10.8 Å². The SMILES string of the molecule is CCc1ccc(F)c2c(Br)ccc(F)c12. The second-order valence-electron chi connectivity index (χ2n) is 3.34. The Hall–Kier alpha value is -0.960. The van der Waals surface area contributed by atoms with Gasteiger partial charge in [-0.15, -0.1) is 0 Å². The fraction of sp³-hybridized carbons (Fsp3) is 0.167. The molecule has 0 unspecified atom stereocenters. The van der Waals surface area contributed by atoms with Gasteiger partial charge in [0.15, 0.2) is 0 Å². The quantitative estimate of drug-likeness (QED) is 0.719. The van der Waals surface area contributed by atoms with E-state index in [9.17, 15) is 8.78 Å². The molecule has 2 aromatic carbocycles. The van der Waals surface area contributed by atoms with Gasteiger partial charge in [0.25, 0.3) is 0 Å². The Morgan fingerprint density at radius 3 is 2.27 bits per heavy atom. The summed E-state index contributed by atoms with van der Waals surface area (Å²) in [4.78, 5) is 0. The number of halogens is 3. The Morgan fingerprint density at radius 2 is 1.60 bits per heavy atom. The zero-order valence-corrected chi connectivity index (χ0v) is 9.74. The molecule has 0 bridgehead atoms. The molecule has 0 fully saturated rings. The highest BCUT2D eigenvalue weighted by Crippen LogP contribution is 2.31. The van der Waals surface area contributed by atoms with Crippen LogP contribution in [-0.4, -0.2) is 0 Å². The van der Waals surface area contributed by atoms with Gasteiger partial charge in [0, 0.05) is 15.2 Å². The number of aryl methyl sites for hydroxylation is 1. The largest absolute Gasteiger partial charge is 0.206 e. The highest BCUT2D eigenvalue weighted by Gasteiger charge is 2.12. The van der Waals surface area contributed by atoms with Gasteiger partial charge >= 0.3 is 0 Å². The Bertz CT molecular complexity index is 512. The van der Waals surface area contributed by atoms with E-state index in [2.05, 4.69) is 15.9 Å². The number of benzene rings is 2. The van der Waals surface area contributed by atoms with Crippen LogP contribution >= 0.6 is 15.9 Å². The van der Waals surface area contributed by atoms with Crippen molar-refractivity contribution in [3.8, 4) is 0 Å². The molecule has 0 aliphatic heterocycles. The topological polar surface area (TPSA) is 0 Å². The smallest absolute Gasteiger partial charge is 0.132 e. The summed E-state index contributed by atoms with van der Waals surface area (Å²) in [6.07, 6.45) is 0.685. The maximum Gasteiger partial charge on any atom is 0.132 e. The lowest BCUT2D eigenvalue weighted by Gasteiger charge is -2.08. The Morgan fingerprint density at radius 1 is 1.00 bits per heavy atom. The summed E-state index contributed by atoms with van der Waals surface area (Å²) in [5.41, 5.74) is 0.824. The van der Waals surface area contributed by atoms with E-state index < -0.39 is 5.82 Å². The van der Waals surface area contributed by atoms with E-state index in [1.54, 1.807) is 6.07 Å². The maximum absolute atomic E-state index is 13.6. The highest BCUT2D eigenvalue weighted by atomic mass is 79.9. The van der Waals surface area contributed by atoms with E-state index in [4.69, 9.17) is 0 Å². The van der Waals surface area contributed by atoms with Gasteiger partial charge in [-0.05, 0) is 30.2 Å². The lowest BCUT2D eigenvalue weighted by Crippen LogP contribution is -1.91. The van der Waals surface area contributed by atoms with Gasteiger partial charge in [0.2, 0.25) is 0 Å². The van der Waals surface area contributed by atoms with Crippen LogP contribution in [0.2, 0.25) is 0 Å². The number of fused-ring (bicyclic) bond motifs is 1. The molecule has 0 heterocycles. The van der Waals surface area contributed by atoms with Crippen LogP contribution in [0.5, 0.6) is 0 Å². The minimum absolute atomic E-state index is 0.328. The van der Waals surface area contributed by atoms with Crippen molar-refractivity contribution in [1.29, 1.82) is 0 Å². The second-order valence-corrected chi connectivity index (χ2v) is 4.19. The molecule has 2 aromatic rings. The molecule has 0 nitrogen and oxygen atoms in total. The fourth-order valence-electron chi connectivity index (χ4n) is 1.73. The van der Waals surface area contributed by atoms with E-state index >= 15 is 0 Å². The van der Waals surface area contributed by atoms with Gasteiger partial charge in [-0.1, -0.05) is 28.9 Å². The van der Waals surface area contributed by atoms with Crippen molar-refractivity contribution in [2.24, 2.45) is 0 Å². The molecule has 15 heavy (non-hydrogen) atoms. The summed E-state index contributed by atoms with van der Waals surface area (Å²) in [5, 5.41) is 0.709. The van der Waals surface area contributed by atoms with Crippen molar-refractivity contribution in [3.63, 3.8) is 0 Å². The molecule has 0 aromatic heterocycles. The summed E-state index contributed by atoms with van der Waals surface area (Å²) in [6.45, 7) is 1.92. The third-order valence-corrected chi connectivity index (χ3v) is 3.14. The summed E-state index contributed by atoms with van der Waals surface area (Å²) >= 11 is 3.24. The van der Waals surface area contributed by atoms with Gasteiger partial charge in [-0.2, -0.15) is 0 Å². The van der Waals surface area contributed by atoms with Crippen molar-refractivity contribution >= 4 is 26.7 Å². The normalized spacial score (nSPS) is 10.9. The summed E-state index contributed by atoms with van der Waals surface area (Å²) in [5.74, 6) is -0.766. The van der Waals surface area contributed by atoms with Crippen LogP contribution in [0.4, 0.5) is 8.78 Å². The summed E-state index contributed by atoms with van der Waals surface area (Å²) < 4.78 is 27.7. The first-order valence-electron chi connectivity index (χ1n) is 4.70. The molecule has 0 amide bonds. The molecule has 0 aliphatic carbocycles. The van der Waals surface area contributed by atoms with Crippen LogP contribution in [0.15, 0.2) is 28.7 Å². The molecule has 0 saturated heterocycles. The van der Waals surface area contributed by atoms with Crippen LogP contribution < -0.4 is 0 Å². The molecule has 0 atom stereocenters. The van der Waals surface area contributed by atoms with Crippen LogP contribution in [0.1, 0.15) is 12.5 Å². The van der Waals surface area contributed by atoms with Gasteiger partial charge < -0.3 is 0 Å². The highest BCUT2D eigenvalue weighted by molar-refractivity contribution is 9.10. The van der Waals surface area contributed by atoms with Gasteiger partial charge in [0.1, 0.15) is 11.6 Å². The first-order chi connectivity index (χ1) is 7.15. The predicted octanol–water partition coefficient (Wildman–Crippen LogP) is 4.44. The van der Waals surface area contributed by atoms with Gasteiger partial charge in [-0.3, -0.25) is 0 Å². The van der Waals surface area contributed by atoms with Crippen molar-refractivity contribution in [3.05, 3.63) is 45.9 Å². The third kappa shape index (κ3) is 1.65. The first-order valence-corrected chi connectivity index (χ1v) is 5.49. The van der Waals surface area contributed by atoms with Crippen LogP contribution in [-0.2, 0) is 6.42 Å². The lowest BCUT2D eigenvalue weighted by atomic mass is 10.0. The fourth-order valence-corrected chi connectivity index (χ4v) is 2.25. The molecule has 3 heteroatoms. The number of hydrogen-bond donors (Lipinski definition) is 0. The van der Waals surface area contributed by atoms with E-state index in [0.29, 0.717) is 21.7 Å². The maximum atomic E-state index is 13.6. The number of hydrogen-bond acceptors (Lipinski definition) is 0. The van der Waals surface area contributed by atoms with Crippen molar-refractivity contribution in [1.82, 2.24) is 0 Å². The van der Waals surface area contributed by atoms with Crippen molar-refractivity contribution < 1.29 is 8.78 Å². The molecule has 78 valence electrons. The van der Waals surface area contributed by atoms with E-state index in [0.717, 1.165) is 5.56 Å². The van der Waals surface area contributed by atoms with Crippen LogP contribution in [0, 0.1) is 11.6 Å². The van der Waals surface area contributed by atoms with E-state index in [1.165, 1.54) is 18.2 Å². The van der Waals surface area contributed by atoms with Crippen molar-refractivity contribution in [2.45, 2.75) is 13.3 Å². The zero-order chi connectivity index (χ0) is 11.0. The average Bonchev–Trinajstić information content (AvgIpc) is 2.23. The lowest BCUT2D eigenvalue weighted by molar-refractivity contribution is 0.627. The Kier molecular flexibility index (Phi) is 2.74. The molecule has 0 spiro atoms. The summed E-state index contributed by atoms with van der Waals surface area (Å²) in [7, 11) is 0. The molecule has 2 rings (SSSR count).